The first-order chi connectivity index (χ1) is 25.5. The molecule has 0 spiro atoms. The number of benzene rings is 8. The fourth-order valence-electron chi connectivity index (χ4n) is 8.75. The predicted molar refractivity (Wildman–Crippen MR) is 222 cm³/mol. The second kappa shape index (κ2) is 10.9. The minimum absolute atomic E-state index is 0.101. The van der Waals surface area contributed by atoms with Crippen LogP contribution in [0.15, 0.2) is 168 Å². The lowest BCUT2D eigenvalue weighted by Crippen LogP contribution is -2.16. The summed E-state index contributed by atoms with van der Waals surface area (Å²) in [6, 6.07) is 59.9. The van der Waals surface area contributed by atoms with E-state index in [4.69, 9.17) is 4.42 Å². The number of furan rings is 1. The Hall–Kier alpha value is -6.16. The van der Waals surface area contributed by atoms with E-state index in [1.807, 2.05) is 23.5 Å². The Labute approximate surface area is 305 Å². The summed E-state index contributed by atoms with van der Waals surface area (Å²) in [4.78, 5) is 2.44. The van der Waals surface area contributed by atoms with Crippen LogP contribution >= 0.6 is 11.3 Å². The van der Waals surface area contributed by atoms with Crippen LogP contribution in [0.3, 0.4) is 0 Å². The number of hydrogen-bond donors (Lipinski definition) is 0. The molecule has 0 atom stereocenters. The van der Waals surface area contributed by atoms with E-state index in [1.165, 1.54) is 70.0 Å². The van der Waals surface area contributed by atoms with E-state index >= 15 is 0 Å². The summed E-state index contributed by atoms with van der Waals surface area (Å²) in [5.74, 6) is 0. The van der Waals surface area contributed by atoms with E-state index in [-0.39, 0.29) is 5.41 Å². The Bertz CT molecular complexity index is 3050. The first kappa shape index (κ1) is 29.6. The van der Waals surface area contributed by atoms with Crippen LogP contribution in [0.1, 0.15) is 25.0 Å². The van der Waals surface area contributed by atoms with Gasteiger partial charge in [0.15, 0.2) is 0 Å². The molecule has 1 aliphatic carbocycles. The number of anilines is 3. The summed E-state index contributed by atoms with van der Waals surface area (Å²) in [7, 11) is 0. The van der Waals surface area contributed by atoms with Crippen molar-refractivity contribution in [3.05, 3.63) is 175 Å². The molecule has 0 radical (unpaired) electrons. The van der Waals surface area contributed by atoms with Crippen molar-refractivity contribution in [1.82, 2.24) is 0 Å². The number of hydrogen-bond acceptors (Lipinski definition) is 3. The minimum Gasteiger partial charge on any atom is -0.456 e. The van der Waals surface area contributed by atoms with Gasteiger partial charge in [-0.3, -0.25) is 0 Å². The molecule has 0 unspecified atom stereocenters. The Morgan fingerprint density at radius 2 is 1.15 bits per heavy atom. The van der Waals surface area contributed by atoms with Crippen LogP contribution in [-0.4, -0.2) is 0 Å². The standard InChI is InChI=1S/C49H33NOS/c1-49(2)41-17-7-5-14-39(41)46-42(49)18-10-19-43(46)50(33-26-28-45-40(29-33)36-13-6-8-20-44(36)51-45)32-24-21-31(22-25-32)35-15-9-16-37-38-27-23-30-11-3-4-12-34(30)48(38)52-47(35)37/h3-29H,1-2H3. The Kier molecular flexibility index (Phi) is 6.21. The molecule has 0 saturated heterocycles. The molecule has 8 aromatic carbocycles. The highest BCUT2D eigenvalue weighted by molar-refractivity contribution is 7.27. The average Bonchev–Trinajstić information content (AvgIpc) is 3.83. The van der Waals surface area contributed by atoms with Gasteiger partial charge in [-0.05, 0) is 81.1 Å². The Balaban J connectivity index is 1.11. The summed E-state index contributed by atoms with van der Waals surface area (Å²) in [5.41, 5.74) is 12.9. The van der Waals surface area contributed by atoms with Crippen LogP contribution in [0, 0.1) is 0 Å². The van der Waals surface area contributed by atoms with Crippen LogP contribution in [-0.2, 0) is 5.41 Å². The van der Waals surface area contributed by atoms with Gasteiger partial charge < -0.3 is 9.32 Å². The van der Waals surface area contributed by atoms with E-state index in [0.29, 0.717) is 0 Å². The lowest BCUT2D eigenvalue weighted by molar-refractivity contribution is 0.660. The molecule has 3 heteroatoms. The highest BCUT2D eigenvalue weighted by Crippen LogP contribution is 2.54. The van der Waals surface area contributed by atoms with E-state index in [9.17, 15) is 0 Å². The van der Waals surface area contributed by atoms with Crippen molar-refractivity contribution in [1.29, 1.82) is 0 Å². The molecule has 1 aliphatic rings. The average molecular weight is 684 g/mol. The highest BCUT2D eigenvalue weighted by Gasteiger charge is 2.37. The van der Waals surface area contributed by atoms with Crippen molar-refractivity contribution in [2.24, 2.45) is 0 Å². The number of thiophene rings is 1. The molecule has 52 heavy (non-hydrogen) atoms. The topological polar surface area (TPSA) is 16.4 Å². The summed E-state index contributed by atoms with van der Waals surface area (Å²) in [6.07, 6.45) is 0. The zero-order valence-corrected chi connectivity index (χ0v) is 29.7. The number of para-hydroxylation sites is 1. The molecule has 0 aliphatic heterocycles. The van der Waals surface area contributed by atoms with Gasteiger partial charge in [0, 0.05) is 53.3 Å². The normalized spacial score (nSPS) is 13.3. The van der Waals surface area contributed by atoms with Crippen LogP contribution in [0.5, 0.6) is 0 Å². The van der Waals surface area contributed by atoms with Gasteiger partial charge in [0.05, 0.1) is 5.69 Å². The third-order valence-electron chi connectivity index (χ3n) is 11.3. The van der Waals surface area contributed by atoms with Gasteiger partial charge in [0.1, 0.15) is 11.2 Å². The quantitative estimate of drug-likeness (QED) is 0.184. The molecule has 0 bridgehead atoms. The second-order valence-electron chi connectivity index (χ2n) is 14.5. The molecule has 0 saturated carbocycles. The molecule has 11 rings (SSSR count). The van der Waals surface area contributed by atoms with Gasteiger partial charge in [0.25, 0.3) is 0 Å². The lowest BCUT2D eigenvalue weighted by atomic mass is 9.82. The molecule has 0 amide bonds. The molecule has 10 aromatic rings. The maximum absolute atomic E-state index is 6.27. The van der Waals surface area contributed by atoms with Crippen molar-refractivity contribution < 1.29 is 4.42 Å². The molecule has 2 aromatic heterocycles. The first-order valence-electron chi connectivity index (χ1n) is 17.9. The van der Waals surface area contributed by atoms with Crippen LogP contribution in [0.25, 0.3) is 75.1 Å². The van der Waals surface area contributed by atoms with Crippen molar-refractivity contribution in [3.8, 4) is 22.3 Å². The second-order valence-corrected chi connectivity index (χ2v) is 15.5. The van der Waals surface area contributed by atoms with E-state index < -0.39 is 0 Å². The molecule has 2 heterocycles. The van der Waals surface area contributed by atoms with Gasteiger partial charge in [-0.2, -0.15) is 0 Å². The summed E-state index contributed by atoms with van der Waals surface area (Å²) < 4.78 is 8.96. The lowest BCUT2D eigenvalue weighted by Gasteiger charge is -2.29. The van der Waals surface area contributed by atoms with Crippen LogP contribution in [0.4, 0.5) is 17.1 Å². The van der Waals surface area contributed by atoms with E-state index in [1.54, 1.807) is 0 Å². The fraction of sp³-hybridized carbons (Fsp3) is 0.0612. The van der Waals surface area contributed by atoms with Gasteiger partial charge in [-0.15, -0.1) is 11.3 Å². The zero-order chi connectivity index (χ0) is 34.6. The molecule has 246 valence electrons. The van der Waals surface area contributed by atoms with Crippen molar-refractivity contribution in [2.45, 2.75) is 19.3 Å². The van der Waals surface area contributed by atoms with Crippen LogP contribution in [0.2, 0.25) is 0 Å². The largest absolute Gasteiger partial charge is 0.456 e. The van der Waals surface area contributed by atoms with E-state index in [0.717, 1.165) is 33.3 Å². The zero-order valence-electron chi connectivity index (χ0n) is 28.9. The molecular weight excluding hydrogens is 651 g/mol. The van der Waals surface area contributed by atoms with Gasteiger partial charge in [-0.25, -0.2) is 0 Å². The fourth-order valence-corrected chi connectivity index (χ4v) is 10.1. The summed E-state index contributed by atoms with van der Waals surface area (Å²) in [5, 5.41) is 7.49. The minimum atomic E-state index is -0.101. The predicted octanol–water partition coefficient (Wildman–Crippen LogP) is 14.6. The van der Waals surface area contributed by atoms with Gasteiger partial charge >= 0.3 is 0 Å². The summed E-state index contributed by atoms with van der Waals surface area (Å²) >= 11 is 1.91. The third kappa shape index (κ3) is 4.17. The number of nitrogens with zero attached hydrogens (tertiary/aromatic N) is 1. The Morgan fingerprint density at radius 3 is 2.06 bits per heavy atom. The van der Waals surface area contributed by atoms with E-state index in [2.05, 4.69) is 170 Å². The van der Waals surface area contributed by atoms with Gasteiger partial charge in [-0.1, -0.05) is 135 Å². The highest BCUT2D eigenvalue weighted by atomic mass is 32.1. The Morgan fingerprint density at radius 1 is 0.481 bits per heavy atom. The number of rotatable bonds is 4. The number of fused-ring (bicyclic) bond motifs is 11. The van der Waals surface area contributed by atoms with Crippen molar-refractivity contribution in [3.63, 3.8) is 0 Å². The third-order valence-corrected chi connectivity index (χ3v) is 12.6. The SMILES string of the molecule is CC1(C)c2ccccc2-c2c(N(c3ccc(-c4cccc5c4sc4c6ccccc6ccc54)cc3)c3ccc4oc5ccccc5c4c3)cccc21. The van der Waals surface area contributed by atoms with Crippen molar-refractivity contribution >= 4 is 81.3 Å². The van der Waals surface area contributed by atoms with Crippen LogP contribution < -0.4 is 4.90 Å². The molecule has 0 fully saturated rings. The maximum Gasteiger partial charge on any atom is 0.135 e. The van der Waals surface area contributed by atoms with Crippen molar-refractivity contribution in [2.75, 3.05) is 4.90 Å². The smallest absolute Gasteiger partial charge is 0.135 e. The first-order valence-corrected chi connectivity index (χ1v) is 18.7. The maximum atomic E-state index is 6.27. The monoisotopic (exact) mass is 683 g/mol. The molecular formula is C49H33NOS. The summed E-state index contributed by atoms with van der Waals surface area (Å²) in [6.45, 7) is 4.70. The molecule has 2 nitrogen and oxygen atoms in total. The molecule has 0 N–H and O–H groups in total. The van der Waals surface area contributed by atoms with Gasteiger partial charge in [0.2, 0.25) is 0 Å².